The Morgan fingerprint density at radius 3 is 1.84 bits per heavy atom. The minimum atomic E-state index is 0.892. The van der Waals surface area contributed by atoms with Crippen LogP contribution in [-0.4, -0.2) is 49.6 Å². The molecule has 0 spiro atoms. The summed E-state index contributed by atoms with van der Waals surface area (Å²) in [5.41, 5.74) is 0. The summed E-state index contributed by atoms with van der Waals surface area (Å²) in [7, 11) is 2.23. The van der Waals surface area contributed by atoms with Crippen molar-refractivity contribution in [1.82, 2.24) is 9.80 Å². The normalized spacial score (nSPS) is 18.3. The van der Waals surface area contributed by atoms with E-state index in [0.29, 0.717) is 0 Å². The summed E-state index contributed by atoms with van der Waals surface area (Å²) in [5, 5.41) is 0. The lowest BCUT2D eigenvalue weighted by atomic mass is 10.0. The first-order valence-corrected chi connectivity index (χ1v) is 8.59. The number of rotatable bonds is 10. The van der Waals surface area contributed by atoms with Gasteiger partial charge >= 0.3 is 0 Å². The molecule has 1 saturated heterocycles. The molecule has 0 aliphatic carbocycles. The first-order chi connectivity index (χ1) is 9.18. The van der Waals surface area contributed by atoms with Gasteiger partial charge in [0.05, 0.1) is 0 Å². The van der Waals surface area contributed by atoms with Crippen LogP contribution in [0.5, 0.6) is 0 Å². The number of nitrogens with zero attached hydrogens (tertiary/aromatic N) is 2. The molecule has 0 atom stereocenters. The van der Waals surface area contributed by atoms with Crippen molar-refractivity contribution < 1.29 is 0 Å². The summed E-state index contributed by atoms with van der Waals surface area (Å²) in [6, 6.07) is 0. The number of likely N-dealkylation sites (N-methyl/N-ethyl adjacent to an activating group) is 1. The smallest absolute Gasteiger partial charge is 0.0110 e. The Bertz CT molecular complexity index is 195. The molecule has 2 heteroatoms. The van der Waals surface area contributed by atoms with Crippen LogP contribution in [-0.2, 0) is 0 Å². The lowest BCUT2D eigenvalue weighted by molar-refractivity contribution is 0.152. The number of hydrogen-bond acceptors (Lipinski definition) is 2. The van der Waals surface area contributed by atoms with Gasteiger partial charge in [0, 0.05) is 26.2 Å². The zero-order valence-corrected chi connectivity index (χ0v) is 13.7. The zero-order chi connectivity index (χ0) is 13.9. The molecule has 19 heavy (non-hydrogen) atoms. The average Bonchev–Trinajstić information content (AvgIpc) is 2.38. The van der Waals surface area contributed by atoms with Crippen LogP contribution in [0.2, 0.25) is 0 Å². The Labute approximate surface area is 121 Å². The van der Waals surface area contributed by atoms with Crippen molar-refractivity contribution >= 4 is 0 Å². The molecule has 0 aromatic carbocycles. The molecule has 1 aliphatic heterocycles. The molecular weight excluding hydrogens is 232 g/mol. The number of hydrogen-bond donors (Lipinski definition) is 0. The molecule has 0 N–H and O–H groups in total. The number of unbranched alkanes of at least 4 members (excludes halogenated alkanes) is 6. The second kappa shape index (κ2) is 10.7. The first-order valence-electron chi connectivity index (χ1n) is 8.59. The van der Waals surface area contributed by atoms with Crippen molar-refractivity contribution in [2.75, 3.05) is 39.8 Å². The van der Waals surface area contributed by atoms with Crippen molar-refractivity contribution in [3.8, 4) is 0 Å². The maximum absolute atomic E-state index is 2.64. The zero-order valence-electron chi connectivity index (χ0n) is 13.7. The second-order valence-corrected chi connectivity index (χ2v) is 6.80. The fourth-order valence-corrected chi connectivity index (χ4v) is 2.84. The fourth-order valence-electron chi connectivity index (χ4n) is 2.84. The van der Waals surface area contributed by atoms with E-state index in [1.807, 2.05) is 0 Å². The molecule has 0 unspecified atom stereocenters. The van der Waals surface area contributed by atoms with E-state index in [1.54, 1.807) is 0 Å². The minimum Gasteiger partial charge on any atom is -0.304 e. The summed E-state index contributed by atoms with van der Waals surface area (Å²) >= 11 is 0. The van der Waals surface area contributed by atoms with Crippen molar-refractivity contribution in [1.29, 1.82) is 0 Å². The SMILES string of the molecule is CC(C)CCCCCCCCCN1CCN(C)CC1. The molecular formula is C17H36N2. The van der Waals surface area contributed by atoms with Gasteiger partial charge in [-0.3, -0.25) is 0 Å². The average molecular weight is 268 g/mol. The van der Waals surface area contributed by atoms with E-state index in [-0.39, 0.29) is 0 Å². The van der Waals surface area contributed by atoms with E-state index in [0.717, 1.165) is 5.92 Å². The van der Waals surface area contributed by atoms with Crippen LogP contribution in [0.3, 0.4) is 0 Å². The lowest BCUT2D eigenvalue weighted by Crippen LogP contribution is -2.44. The lowest BCUT2D eigenvalue weighted by Gasteiger charge is -2.32. The van der Waals surface area contributed by atoms with E-state index in [4.69, 9.17) is 0 Å². The maximum Gasteiger partial charge on any atom is 0.0110 e. The summed E-state index contributed by atoms with van der Waals surface area (Å²) < 4.78 is 0. The van der Waals surface area contributed by atoms with Crippen LogP contribution in [0.15, 0.2) is 0 Å². The maximum atomic E-state index is 2.64. The van der Waals surface area contributed by atoms with Crippen molar-refractivity contribution in [2.45, 2.75) is 65.2 Å². The Morgan fingerprint density at radius 1 is 0.737 bits per heavy atom. The highest BCUT2D eigenvalue weighted by atomic mass is 15.2. The van der Waals surface area contributed by atoms with Crippen LogP contribution in [0, 0.1) is 5.92 Å². The molecule has 0 aromatic heterocycles. The predicted octanol–water partition coefficient (Wildman–Crippen LogP) is 4.01. The summed E-state index contributed by atoms with van der Waals surface area (Å²) in [5.74, 6) is 0.892. The molecule has 1 aliphatic rings. The second-order valence-electron chi connectivity index (χ2n) is 6.80. The van der Waals surface area contributed by atoms with Crippen LogP contribution < -0.4 is 0 Å². The van der Waals surface area contributed by atoms with Gasteiger partial charge in [0.15, 0.2) is 0 Å². The fraction of sp³-hybridized carbons (Fsp3) is 1.00. The third-order valence-corrected chi connectivity index (χ3v) is 4.35. The molecule has 2 nitrogen and oxygen atoms in total. The van der Waals surface area contributed by atoms with Gasteiger partial charge in [0.25, 0.3) is 0 Å². The topological polar surface area (TPSA) is 6.48 Å². The van der Waals surface area contributed by atoms with Crippen LogP contribution in [0.25, 0.3) is 0 Å². The Hall–Kier alpha value is -0.0800. The van der Waals surface area contributed by atoms with Crippen molar-refractivity contribution in [3.63, 3.8) is 0 Å². The predicted molar refractivity (Wildman–Crippen MR) is 85.7 cm³/mol. The first kappa shape index (κ1) is 17.0. The van der Waals surface area contributed by atoms with E-state index in [1.165, 1.54) is 84.1 Å². The van der Waals surface area contributed by atoms with E-state index < -0.39 is 0 Å². The molecule has 0 bridgehead atoms. The van der Waals surface area contributed by atoms with Gasteiger partial charge in [-0.2, -0.15) is 0 Å². The Morgan fingerprint density at radius 2 is 1.26 bits per heavy atom. The van der Waals surface area contributed by atoms with Crippen LogP contribution >= 0.6 is 0 Å². The van der Waals surface area contributed by atoms with Gasteiger partial charge in [-0.15, -0.1) is 0 Å². The van der Waals surface area contributed by atoms with Gasteiger partial charge in [-0.05, 0) is 25.9 Å². The molecule has 0 saturated carbocycles. The van der Waals surface area contributed by atoms with Crippen LogP contribution in [0.1, 0.15) is 65.2 Å². The minimum absolute atomic E-state index is 0.892. The highest BCUT2D eigenvalue weighted by molar-refractivity contribution is 4.68. The van der Waals surface area contributed by atoms with E-state index in [9.17, 15) is 0 Å². The van der Waals surface area contributed by atoms with Gasteiger partial charge < -0.3 is 9.80 Å². The summed E-state index contributed by atoms with van der Waals surface area (Å²) in [6.45, 7) is 11.1. The Balaban J connectivity index is 1.79. The highest BCUT2D eigenvalue weighted by Gasteiger charge is 2.12. The number of piperazine rings is 1. The van der Waals surface area contributed by atoms with E-state index in [2.05, 4.69) is 30.7 Å². The van der Waals surface area contributed by atoms with Crippen molar-refractivity contribution in [2.24, 2.45) is 5.92 Å². The quantitative estimate of drug-likeness (QED) is 0.552. The molecule has 0 aromatic rings. The van der Waals surface area contributed by atoms with Gasteiger partial charge in [-0.1, -0.05) is 58.8 Å². The van der Waals surface area contributed by atoms with Crippen LogP contribution in [0.4, 0.5) is 0 Å². The van der Waals surface area contributed by atoms with Crippen molar-refractivity contribution in [3.05, 3.63) is 0 Å². The molecule has 0 amide bonds. The third kappa shape index (κ3) is 9.45. The summed E-state index contributed by atoms with van der Waals surface area (Å²) in [6.07, 6.45) is 11.5. The van der Waals surface area contributed by atoms with E-state index >= 15 is 0 Å². The summed E-state index contributed by atoms with van der Waals surface area (Å²) in [4.78, 5) is 5.08. The standard InChI is InChI=1S/C17H36N2/c1-17(2)11-9-7-5-4-6-8-10-12-19-15-13-18(3)14-16-19/h17H,4-16H2,1-3H3. The van der Waals surface area contributed by atoms with Gasteiger partial charge in [0.2, 0.25) is 0 Å². The Kier molecular flexibility index (Phi) is 9.54. The van der Waals surface area contributed by atoms with Gasteiger partial charge in [0.1, 0.15) is 0 Å². The molecule has 1 fully saturated rings. The molecule has 114 valence electrons. The highest BCUT2D eigenvalue weighted by Crippen LogP contribution is 2.12. The monoisotopic (exact) mass is 268 g/mol. The molecule has 1 rings (SSSR count). The third-order valence-electron chi connectivity index (χ3n) is 4.35. The molecule has 0 radical (unpaired) electrons. The van der Waals surface area contributed by atoms with Gasteiger partial charge in [-0.25, -0.2) is 0 Å². The largest absolute Gasteiger partial charge is 0.304 e. The molecule has 1 heterocycles.